The number of fused-ring (bicyclic) bond motifs is 1. The molecule has 0 bridgehead atoms. The number of benzene rings is 2. The molecule has 8 nitrogen and oxygen atoms in total. The minimum Gasteiger partial charge on any atom is -0.494 e. The minimum absolute atomic E-state index is 0.0778. The first-order valence-corrected chi connectivity index (χ1v) is 11.3. The Morgan fingerprint density at radius 1 is 1.03 bits per heavy atom. The van der Waals surface area contributed by atoms with Gasteiger partial charge < -0.3 is 19.7 Å². The molecule has 0 unspecified atom stereocenters. The van der Waals surface area contributed by atoms with Gasteiger partial charge in [0.2, 0.25) is 0 Å². The van der Waals surface area contributed by atoms with Crippen molar-refractivity contribution in [3.8, 4) is 17.2 Å². The number of anilines is 1. The zero-order valence-electron chi connectivity index (χ0n) is 16.8. The highest BCUT2D eigenvalue weighted by Gasteiger charge is 2.25. The molecule has 0 aromatic heterocycles. The molecule has 9 heteroatoms. The number of carbonyl (C=O) groups excluding carboxylic acids is 1. The zero-order chi connectivity index (χ0) is 21.8. The first-order valence-electron chi connectivity index (χ1n) is 9.73. The van der Waals surface area contributed by atoms with E-state index in [4.69, 9.17) is 9.47 Å². The van der Waals surface area contributed by atoms with Crippen LogP contribution in [0.5, 0.6) is 17.2 Å². The predicted octanol–water partition coefficient (Wildman–Crippen LogP) is 3.31. The van der Waals surface area contributed by atoms with E-state index in [1.54, 1.807) is 41.4 Å². The summed E-state index contributed by atoms with van der Waals surface area (Å²) in [5, 5.41) is 2.82. The maximum absolute atomic E-state index is 12.6. The summed E-state index contributed by atoms with van der Waals surface area (Å²) in [4.78, 5) is 14.2. The first kappa shape index (κ1) is 20.7. The number of nitrogens with zero attached hydrogens (tertiary/aromatic N) is 2. The molecule has 0 spiro atoms. The van der Waals surface area contributed by atoms with Gasteiger partial charge in [0.15, 0.2) is 0 Å². The SMILES string of the molecule is CCOc1ccc(Oc2ccc(NC(=O)C3=CN4CCS(=O)(=O)N=C4C=C3)cc2)cc1. The lowest BCUT2D eigenvalue weighted by Crippen LogP contribution is -2.37. The summed E-state index contributed by atoms with van der Waals surface area (Å²) < 4.78 is 38.1. The largest absolute Gasteiger partial charge is 0.494 e. The Kier molecular flexibility index (Phi) is 5.77. The number of nitrogens with one attached hydrogen (secondary N) is 1. The first-order chi connectivity index (χ1) is 14.9. The molecule has 0 radical (unpaired) electrons. The van der Waals surface area contributed by atoms with Crippen LogP contribution in [0.2, 0.25) is 0 Å². The third-order valence-electron chi connectivity index (χ3n) is 4.57. The number of hydrogen-bond acceptors (Lipinski definition) is 6. The van der Waals surface area contributed by atoms with Crippen LogP contribution < -0.4 is 14.8 Å². The molecule has 0 atom stereocenters. The summed E-state index contributed by atoms with van der Waals surface area (Å²) in [5.74, 6) is 2.03. The lowest BCUT2D eigenvalue weighted by atomic mass is 10.1. The summed E-state index contributed by atoms with van der Waals surface area (Å²) in [5.41, 5.74) is 1.02. The fourth-order valence-electron chi connectivity index (χ4n) is 3.05. The van der Waals surface area contributed by atoms with E-state index in [0.717, 1.165) is 5.75 Å². The maximum Gasteiger partial charge on any atom is 0.257 e. The summed E-state index contributed by atoms with van der Waals surface area (Å²) in [6.45, 7) is 2.80. The van der Waals surface area contributed by atoms with Gasteiger partial charge in [0.05, 0.1) is 17.9 Å². The molecule has 31 heavy (non-hydrogen) atoms. The van der Waals surface area contributed by atoms with Crippen LogP contribution in [0.3, 0.4) is 0 Å². The Bertz CT molecular complexity index is 1170. The van der Waals surface area contributed by atoms with E-state index in [0.29, 0.717) is 35.2 Å². The van der Waals surface area contributed by atoms with Crippen LogP contribution in [0.25, 0.3) is 0 Å². The molecule has 2 aromatic rings. The molecule has 2 aliphatic rings. The molecule has 0 saturated carbocycles. The number of ether oxygens (including phenoxy) is 2. The van der Waals surface area contributed by atoms with Crippen molar-refractivity contribution >= 4 is 27.5 Å². The Hall–Kier alpha value is -3.59. The van der Waals surface area contributed by atoms with Crippen LogP contribution >= 0.6 is 0 Å². The van der Waals surface area contributed by atoms with E-state index in [1.165, 1.54) is 6.08 Å². The fourth-order valence-corrected chi connectivity index (χ4v) is 4.02. The lowest BCUT2D eigenvalue weighted by molar-refractivity contribution is -0.112. The average molecular weight is 439 g/mol. The van der Waals surface area contributed by atoms with Gasteiger partial charge in [0, 0.05) is 18.4 Å². The molecule has 4 rings (SSSR count). The molecule has 0 aliphatic carbocycles. The second-order valence-electron chi connectivity index (χ2n) is 6.83. The van der Waals surface area contributed by atoms with Crippen molar-refractivity contribution in [2.75, 3.05) is 24.2 Å². The van der Waals surface area contributed by atoms with Crippen molar-refractivity contribution in [2.24, 2.45) is 4.40 Å². The van der Waals surface area contributed by atoms with Crippen LogP contribution in [-0.2, 0) is 14.8 Å². The third-order valence-corrected chi connectivity index (χ3v) is 5.73. The van der Waals surface area contributed by atoms with Crippen LogP contribution in [0.4, 0.5) is 5.69 Å². The van der Waals surface area contributed by atoms with Crippen molar-refractivity contribution in [3.63, 3.8) is 0 Å². The van der Waals surface area contributed by atoms with Gasteiger partial charge in [-0.3, -0.25) is 4.79 Å². The summed E-state index contributed by atoms with van der Waals surface area (Å²) >= 11 is 0. The minimum atomic E-state index is -3.42. The van der Waals surface area contributed by atoms with Gasteiger partial charge in [0.25, 0.3) is 15.9 Å². The zero-order valence-corrected chi connectivity index (χ0v) is 17.6. The Balaban J connectivity index is 1.37. The maximum atomic E-state index is 12.6. The van der Waals surface area contributed by atoms with Crippen LogP contribution in [0.15, 0.2) is 76.9 Å². The van der Waals surface area contributed by atoms with Gasteiger partial charge in [0.1, 0.15) is 23.1 Å². The topological polar surface area (TPSA) is 97.3 Å². The highest BCUT2D eigenvalue weighted by Crippen LogP contribution is 2.25. The molecule has 2 aliphatic heterocycles. The molecule has 2 heterocycles. The number of hydrogen-bond donors (Lipinski definition) is 1. The molecule has 0 fully saturated rings. The molecule has 2 aromatic carbocycles. The number of amides is 1. The smallest absolute Gasteiger partial charge is 0.257 e. The van der Waals surface area contributed by atoms with E-state index in [1.807, 2.05) is 31.2 Å². The van der Waals surface area contributed by atoms with E-state index < -0.39 is 10.0 Å². The van der Waals surface area contributed by atoms with Gasteiger partial charge in [-0.15, -0.1) is 4.40 Å². The quantitative estimate of drug-likeness (QED) is 0.742. The lowest BCUT2D eigenvalue weighted by Gasteiger charge is -2.26. The van der Waals surface area contributed by atoms with Crippen molar-refractivity contribution in [1.29, 1.82) is 0 Å². The predicted molar refractivity (Wildman–Crippen MR) is 118 cm³/mol. The molecule has 1 N–H and O–H groups in total. The molecular formula is C22H21N3O5S. The van der Waals surface area contributed by atoms with Gasteiger partial charge in [-0.2, -0.15) is 0 Å². The van der Waals surface area contributed by atoms with Crippen molar-refractivity contribution in [1.82, 2.24) is 4.90 Å². The van der Waals surface area contributed by atoms with Crippen LogP contribution in [-0.4, -0.2) is 44.0 Å². The number of sulfonamides is 1. The summed E-state index contributed by atoms with van der Waals surface area (Å²) in [6, 6.07) is 14.3. The van der Waals surface area contributed by atoms with Gasteiger partial charge in [-0.1, -0.05) is 0 Å². The number of amidine groups is 1. The standard InChI is InChI=1S/C22H21N3O5S/c1-2-29-18-8-10-20(11-9-18)30-19-6-4-17(5-7-19)23-22(26)16-3-12-21-24-31(27,28)14-13-25(21)15-16/h3-12,15H,2,13-14H2,1H3,(H,23,26). The number of carbonyl (C=O) groups is 1. The highest BCUT2D eigenvalue weighted by molar-refractivity contribution is 7.90. The molecular weight excluding hydrogens is 418 g/mol. The van der Waals surface area contributed by atoms with Crippen LogP contribution in [0, 0.1) is 0 Å². The number of rotatable bonds is 6. The Morgan fingerprint density at radius 2 is 1.68 bits per heavy atom. The normalized spacial score (nSPS) is 16.6. The highest BCUT2D eigenvalue weighted by atomic mass is 32.2. The molecule has 1 amide bonds. The Labute approximate surface area is 180 Å². The second kappa shape index (κ2) is 8.65. The van der Waals surface area contributed by atoms with E-state index in [2.05, 4.69) is 9.71 Å². The molecule has 160 valence electrons. The van der Waals surface area contributed by atoms with Crippen LogP contribution in [0.1, 0.15) is 6.92 Å². The van der Waals surface area contributed by atoms with Gasteiger partial charge in [-0.05, 0) is 67.6 Å². The van der Waals surface area contributed by atoms with Crippen molar-refractivity contribution in [3.05, 3.63) is 72.5 Å². The van der Waals surface area contributed by atoms with Gasteiger partial charge in [-0.25, -0.2) is 8.42 Å². The second-order valence-corrected chi connectivity index (χ2v) is 8.59. The van der Waals surface area contributed by atoms with Crippen molar-refractivity contribution in [2.45, 2.75) is 6.92 Å². The average Bonchev–Trinajstić information content (AvgIpc) is 2.76. The van der Waals surface area contributed by atoms with E-state index in [-0.39, 0.29) is 18.2 Å². The Morgan fingerprint density at radius 3 is 2.35 bits per heavy atom. The summed E-state index contributed by atoms with van der Waals surface area (Å²) in [6.07, 6.45) is 4.68. The monoisotopic (exact) mass is 439 g/mol. The fraction of sp³-hybridized carbons (Fsp3) is 0.182. The summed E-state index contributed by atoms with van der Waals surface area (Å²) in [7, 11) is -3.42. The van der Waals surface area contributed by atoms with E-state index in [9.17, 15) is 13.2 Å². The molecule has 0 saturated heterocycles. The third kappa shape index (κ3) is 5.13. The van der Waals surface area contributed by atoms with Crippen molar-refractivity contribution < 1.29 is 22.7 Å². The van der Waals surface area contributed by atoms with E-state index >= 15 is 0 Å². The van der Waals surface area contributed by atoms with Gasteiger partial charge >= 0.3 is 0 Å².